The van der Waals surface area contributed by atoms with E-state index in [1.165, 1.54) is 17.2 Å². The average molecular weight is 334 g/mol. The largest absolute Gasteiger partial charge is 0.381 e. The maximum atomic E-state index is 13.3. The van der Waals surface area contributed by atoms with E-state index in [4.69, 9.17) is 0 Å². The van der Waals surface area contributed by atoms with Crippen molar-refractivity contribution in [2.24, 2.45) is 0 Å². The molecule has 2 aromatic carbocycles. The SMILES string of the molecule is Cc1ccccc1C1CC(Nc2cc(F)ccc2Br)C1. The Labute approximate surface area is 127 Å². The number of hydrogen-bond acceptors (Lipinski definition) is 1. The zero-order valence-corrected chi connectivity index (χ0v) is 13.0. The third-order valence-corrected chi connectivity index (χ3v) is 4.75. The second kappa shape index (κ2) is 5.57. The number of hydrogen-bond donors (Lipinski definition) is 1. The van der Waals surface area contributed by atoms with E-state index < -0.39 is 0 Å². The minimum Gasteiger partial charge on any atom is -0.381 e. The normalized spacial score (nSPS) is 21.4. The van der Waals surface area contributed by atoms with E-state index in [9.17, 15) is 4.39 Å². The van der Waals surface area contributed by atoms with E-state index in [2.05, 4.69) is 52.4 Å². The van der Waals surface area contributed by atoms with Crippen LogP contribution in [0.5, 0.6) is 0 Å². The van der Waals surface area contributed by atoms with Crippen LogP contribution in [0.25, 0.3) is 0 Å². The fourth-order valence-corrected chi connectivity index (χ4v) is 3.22. The second-order valence-corrected chi connectivity index (χ2v) is 6.34. The van der Waals surface area contributed by atoms with Crippen molar-refractivity contribution in [1.29, 1.82) is 0 Å². The number of aryl methyl sites for hydroxylation is 1. The summed E-state index contributed by atoms with van der Waals surface area (Å²) in [4.78, 5) is 0. The molecular formula is C17H17BrFN. The van der Waals surface area contributed by atoms with Gasteiger partial charge in [0, 0.05) is 10.5 Å². The van der Waals surface area contributed by atoms with Gasteiger partial charge >= 0.3 is 0 Å². The van der Waals surface area contributed by atoms with Crippen molar-refractivity contribution in [2.75, 3.05) is 5.32 Å². The first kappa shape index (κ1) is 13.6. The Bertz CT molecular complexity index is 620. The molecule has 0 bridgehead atoms. The van der Waals surface area contributed by atoms with Crippen LogP contribution in [0.4, 0.5) is 10.1 Å². The fourth-order valence-electron chi connectivity index (χ4n) is 2.86. The summed E-state index contributed by atoms with van der Waals surface area (Å²) in [7, 11) is 0. The molecule has 0 unspecified atom stereocenters. The van der Waals surface area contributed by atoms with Gasteiger partial charge in [0.15, 0.2) is 0 Å². The topological polar surface area (TPSA) is 12.0 Å². The predicted molar refractivity (Wildman–Crippen MR) is 84.7 cm³/mol. The highest BCUT2D eigenvalue weighted by Crippen LogP contribution is 2.40. The minimum atomic E-state index is -0.203. The molecule has 0 atom stereocenters. The molecule has 1 fully saturated rings. The first-order valence-corrected chi connectivity index (χ1v) is 7.70. The Hall–Kier alpha value is -1.35. The summed E-state index contributed by atoms with van der Waals surface area (Å²) < 4.78 is 14.2. The molecule has 1 nitrogen and oxygen atoms in total. The molecule has 1 saturated carbocycles. The predicted octanol–water partition coefficient (Wildman–Crippen LogP) is 5.25. The van der Waals surface area contributed by atoms with Crippen molar-refractivity contribution in [3.63, 3.8) is 0 Å². The third kappa shape index (κ3) is 2.73. The van der Waals surface area contributed by atoms with Gasteiger partial charge in [-0.3, -0.25) is 0 Å². The molecule has 3 rings (SSSR count). The van der Waals surface area contributed by atoms with Crippen molar-refractivity contribution in [3.05, 3.63) is 63.9 Å². The van der Waals surface area contributed by atoms with Crippen molar-refractivity contribution >= 4 is 21.6 Å². The molecule has 0 amide bonds. The van der Waals surface area contributed by atoms with E-state index in [-0.39, 0.29) is 5.82 Å². The van der Waals surface area contributed by atoms with Crippen LogP contribution >= 0.6 is 15.9 Å². The minimum absolute atomic E-state index is 0.203. The quantitative estimate of drug-likeness (QED) is 0.808. The van der Waals surface area contributed by atoms with Gasteiger partial charge in [-0.25, -0.2) is 4.39 Å². The van der Waals surface area contributed by atoms with Gasteiger partial charge in [0.2, 0.25) is 0 Å². The van der Waals surface area contributed by atoms with Crippen LogP contribution in [0.2, 0.25) is 0 Å². The highest BCUT2D eigenvalue weighted by Gasteiger charge is 2.31. The summed E-state index contributed by atoms with van der Waals surface area (Å²) in [6.45, 7) is 2.17. The molecule has 0 heterocycles. The molecule has 0 aromatic heterocycles. The van der Waals surface area contributed by atoms with Crippen LogP contribution in [-0.2, 0) is 0 Å². The van der Waals surface area contributed by atoms with Gasteiger partial charge in [-0.05, 0) is 70.9 Å². The molecule has 0 radical (unpaired) electrons. The van der Waals surface area contributed by atoms with Gasteiger partial charge < -0.3 is 5.32 Å². The molecule has 3 heteroatoms. The van der Waals surface area contributed by atoms with E-state index >= 15 is 0 Å². The first-order chi connectivity index (χ1) is 9.63. The van der Waals surface area contributed by atoms with E-state index in [0.29, 0.717) is 12.0 Å². The van der Waals surface area contributed by atoms with Crippen LogP contribution in [0.1, 0.15) is 29.9 Å². The fraction of sp³-hybridized carbons (Fsp3) is 0.294. The Balaban J connectivity index is 1.64. The van der Waals surface area contributed by atoms with E-state index in [1.54, 1.807) is 12.1 Å². The second-order valence-electron chi connectivity index (χ2n) is 5.49. The summed E-state index contributed by atoms with van der Waals surface area (Å²) in [6, 6.07) is 13.8. The Kier molecular flexibility index (Phi) is 3.79. The summed E-state index contributed by atoms with van der Waals surface area (Å²) in [5.41, 5.74) is 3.66. The Morgan fingerprint density at radius 3 is 2.65 bits per heavy atom. The highest BCUT2D eigenvalue weighted by atomic mass is 79.9. The van der Waals surface area contributed by atoms with Crippen molar-refractivity contribution in [2.45, 2.75) is 31.7 Å². The van der Waals surface area contributed by atoms with Crippen LogP contribution in [-0.4, -0.2) is 6.04 Å². The molecule has 0 saturated heterocycles. The smallest absolute Gasteiger partial charge is 0.125 e. The van der Waals surface area contributed by atoms with Gasteiger partial charge in [0.05, 0.1) is 5.69 Å². The molecule has 1 aliphatic carbocycles. The molecule has 1 aliphatic rings. The number of nitrogens with one attached hydrogen (secondary N) is 1. The van der Waals surface area contributed by atoms with Crippen molar-refractivity contribution in [3.8, 4) is 0 Å². The zero-order chi connectivity index (χ0) is 14.1. The van der Waals surface area contributed by atoms with Crippen LogP contribution < -0.4 is 5.32 Å². The number of benzene rings is 2. The van der Waals surface area contributed by atoms with Crippen LogP contribution in [0.15, 0.2) is 46.9 Å². The monoisotopic (exact) mass is 333 g/mol. The lowest BCUT2D eigenvalue weighted by molar-refractivity contribution is 0.373. The molecule has 2 aromatic rings. The summed E-state index contributed by atoms with van der Waals surface area (Å²) in [5.74, 6) is 0.423. The summed E-state index contributed by atoms with van der Waals surface area (Å²) in [6.07, 6.45) is 2.21. The molecule has 0 spiro atoms. The Morgan fingerprint density at radius 1 is 1.15 bits per heavy atom. The summed E-state index contributed by atoms with van der Waals surface area (Å²) in [5, 5.41) is 3.42. The number of anilines is 1. The molecule has 0 aliphatic heterocycles. The van der Waals surface area contributed by atoms with Gasteiger partial charge in [-0.2, -0.15) is 0 Å². The summed E-state index contributed by atoms with van der Waals surface area (Å²) >= 11 is 3.45. The maximum Gasteiger partial charge on any atom is 0.125 e. The number of rotatable bonds is 3. The van der Waals surface area contributed by atoms with Gasteiger partial charge in [0.1, 0.15) is 5.82 Å². The van der Waals surface area contributed by atoms with Crippen LogP contribution in [0.3, 0.4) is 0 Å². The Morgan fingerprint density at radius 2 is 1.90 bits per heavy atom. The van der Waals surface area contributed by atoms with Gasteiger partial charge in [-0.1, -0.05) is 24.3 Å². The maximum absolute atomic E-state index is 13.3. The van der Waals surface area contributed by atoms with E-state index in [0.717, 1.165) is 23.0 Å². The number of halogens is 2. The van der Waals surface area contributed by atoms with Gasteiger partial charge in [0.25, 0.3) is 0 Å². The molecule has 1 N–H and O–H groups in total. The standard InChI is InChI=1S/C17H17BrFN/c1-11-4-2-3-5-15(11)12-8-14(9-12)20-17-10-13(19)6-7-16(17)18/h2-7,10,12,14,20H,8-9H2,1H3. The lowest BCUT2D eigenvalue weighted by Gasteiger charge is -2.37. The average Bonchev–Trinajstić information content (AvgIpc) is 2.38. The highest BCUT2D eigenvalue weighted by molar-refractivity contribution is 9.10. The van der Waals surface area contributed by atoms with Crippen molar-refractivity contribution < 1.29 is 4.39 Å². The molecular weight excluding hydrogens is 317 g/mol. The third-order valence-electron chi connectivity index (χ3n) is 4.05. The van der Waals surface area contributed by atoms with E-state index in [1.807, 2.05) is 0 Å². The zero-order valence-electron chi connectivity index (χ0n) is 11.4. The molecule has 20 heavy (non-hydrogen) atoms. The van der Waals surface area contributed by atoms with Crippen LogP contribution in [0, 0.1) is 12.7 Å². The lowest BCUT2D eigenvalue weighted by Crippen LogP contribution is -2.34. The van der Waals surface area contributed by atoms with Crippen molar-refractivity contribution in [1.82, 2.24) is 0 Å². The van der Waals surface area contributed by atoms with Gasteiger partial charge in [-0.15, -0.1) is 0 Å². The molecule has 104 valence electrons. The first-order valence-electron chi connectivity index (χ1n) is 6.90. The lowest BCUT2D eigenvalue weighted by atomic mass is 9.74.